The zero-order valence-electron chi connectivity index (χ0n) is 23.3. The number of piperidine rings is 1. The number of aromatic nitrogens is 4. The maximum absolute atomic E-state index is 10.2. The molecule has 0 aromatic carbocycles. The van der Waals surface area contributed by atoms with Crippen molar-refractivity contribution in [3.63, 3.8) is 0 Å². The third-order valence-corrected chi connectivity index (χ3v) is 8.20. The Bertz CT molecular complexity index is 1670. The van der Waals surface area contributed by atoms with Gasteiger partial charge in [0.25, 0.3) is 0 Å². The Hall–Kier alpha value is -4.80. The van der Waals surface area contributed by atoms with E-state index >= 15 is 0 Å². The van der Waals surface area contributed by atoms with Crippen molar-refractivity contribution in [3.05, 3.63) is 60.7 Å². The number of ether oxygens (including phenoxy) is 2. The summed E-state index contributed by atoms with van der Waals surface area (Å²) in [6.07, 6.45) is 14.5. The SMILES string of the molecule is C#CC(C)(O)COc1cc(-c2ccc(N3CC4CC(CC)(C3)N4c3ccc(OC)nc3)nc2)c2c(C#N)cnn2c1. The number of anilines is 2. The van der Waals surface area contributed by atoms with Gasteiger partial charge in [0.05, 0.1) is 48.0 Å². The number of terminal acetylenes is 1. The standard InChI is InChI=1S/C31H31N7O3/c1-5-30(3,39)20-41-25-11-26(29-22(13-32)15-35-37(29)18-25)21-7-9-27(33-14-21)36-17-24-12-31(6-2,19-36)38(24)23-8-10-28(40-4)34-16-23/h1,7-11,14-16,18,24,39H,6,12,17,19-20H2,2-4H3. The smallest absolute Gasteiger partial charge is 0.213 e. The Balaban J connectivity index is 1.27. The molecule has 3 aliphatic heterocycles. The highest BCUT2D eigenvalue weighted by atomic mass is 16.5. The summed E-state index contributed by atoms with van der Waals surface area (Å²) in [7, 11) is 1.63. The van der Waals surface area contributed by atoms with E-state index in [9.17, 15) is 10.4 Å². The number of nitriles is 1. The summed E-state index contributed by atoms with van der Waals surface area (Å²) in [6.45, 7) is 5.39. The van der Waals surface area contributed by atoms with Crippen LogP contribution in [0.2, 0.25) is 0 Å². The number of fused-ring (bicyclic) bond motifs is 3. The molecule has 3 fully saturated rings. The molecule has 3 atom stereocenters. The van der Waals surface area contributed by atoms with Crippen LogP contribution in [0.3, 0.4) is 0 Å². The molecule has 3 aliphatic rings. The molecule has 2 bridgehead atoms. The van der Waals surface area contributed by atoms with Gasteiger partial charge in [-0.3, -0.25) is 0 Å². The van der Waals surface area contributed by atoms with E-state index in [1.807, 2.05) is 36.7 Å². The van der Waals surface area contributed by atoms with Gasteiger partial charge in [0.2, 0.25) is 5.88 Å². The first kappa shape index (κ1) is 26.4. The highest BCUT2D eigenvalue weighted by molar-refractivity contribution is 5.85. The lowest BCUT2D eigenvalue weighted by Crippen LogP contribution is -2.77. The Morgan fingerprint density at radius 3 is 2.73 bits per heavy atom. The van der Waals surface area contributed by atoms with Crippen LogP contribution in [0, 0.1) is 23.7 Å². The second kappa shape index (κ2) is 9.99. The molecule has 3 saturated heterocycles. The Labute approximate surface area is 238 Å². The molecule has 7 heterocycles. The number of hydrogen-bond acceptors (Lipinski definition) is 9. The number of rotatable bonds is 8. The van der Waals surface area contributed by atoms with E-state index in [4.69, 9.17) is 20.9 Å². The average molecular weight is 550 g/mol. The molecule has 0 amide bonds. The van der Waals surface area contributed by atoms with Gasteiger partial charge in [-0.05, 0) is 44.0 Å². The molecule has 41 heavy (non-hydrogen) atoms. The predicted molar refractivity (Wildman–Crippen MR) is 155 cm³/mol. The molecule has 7 rings (SSSR count). The molecule has 208 valence electrons. The van der Waals surface area contributed by atoms with Crippen molar-refractivity contribution in [1.82, 2.24) is 19.6 Å². The first-order valence-electron chi connectivity index (χ1n) is 13.5. The summed E-state index contributed by atoms with van der Waals surface area (Å²) in [5.74, 6) is 4.30. The predicted octanol–water partition coefficient (Wildman–Crippen LogP) is 3.68. The van der Waals surface area contributed by atoms with Crippen LogP contribution in [-0.2, 0) is 0 Å². The van der Waals surface area contributed by atoms with Gasteiger partial charge in [0, 0.05) is 42.5 Å². The van der Waals surface area contributed by atoms with E-state index in [1.165, 1.54) is 13.1 Å². The summed E-state index contributed by atoms with van der Waals surface area (Å²) in [5, 5.41) is 24.2. The summed E-state index contributed by atoms with van der Waals surface area (Å²) in [4.78, 5) is 14.1. The largest absolute Gasteiger partial charge is 0.488 e. The fraction of sp³-hybridized carbons (Fsp3) is 0.355. The van der Waals surface area contributed by atoms with E-state index in [1.54, 1.807) is 17.8 Å². The Kier molecular flexibility index (Phi) is 6.44. The molecule has 0 spiro atoms. The number of nitrogens with zero attached hydrogens (tertiary/aromatic N) is 7. The molecule has 0 aliphatic carbocycles. The minimum atomic E-state index is -1.41. The normalized spacial score (nSPS) is 21.0. The first-order valence-corrected chi connectivity index (χ1v) is 13.5. The number of piperazine rings is 1. The topological polar surface area (TPSA) is 112 Å². The third-order valence-electron chi connectivity index (χ3n) is 8.20. The Morgan fingerprint density at radius 1 is 1.22 bits per heavy atom. The van der Waals surface area contributed by atoms with Crippen LogP contribution in [0.25, 0.3) is 16.6 Å². The van der Waals surface area contributed by atoms with Crippen molar-refractivity contribution in [2.24, 2.45) is 0 Å². The molecule has 10 heteroatoms. The lowest BCUT2D eigenvalue weighted by atomic mass is 9.72. The van der Waals surface area contributed by atoms with Crippen molar-refractivity contribution in [3.8, 4) is 41.2 Å². The van der Waals surface area contributed by atoms with Crippen molar-refractivity contribution >= 4 is 17.0 Å². The third kappa shape index (κ3) is 4.56. The van der Waals surface area contributed by atoms with E-state index in [0.29, 0.717) is 28.8 Å². The van der Waals surface area contributed by atoms with Gasteiger partial charge in [0.15, 0.2) is 5.60 Å². The van der Waals surface area contributed by atoms with Gasteiger partial charge in [0.1, 0.15) is 24.2 Å². The second-order valence-electron chi connectivity index (χ2n) is 10.9. The van der Waals surface area contributed by atoms with Crippen molar-refractivity contribution in [2.45, 2.75) is 43.9 Å². The van der Waals surface area contributed by atoms with Crippen LogP contribution >= 0.6 is 0 Å². The number of pyridine rings is 3. The lowest BCUT2D eigenvalue weighted by molar-refractivity contribution is 0.0629. The second-order valence-corrected chi connectivity index (χ2v) is 10.9. The number of methoxy groups -OCH3 is 1. The molecule has 0 radical (unpaired) electrons. The van der Waals surface area contributed by atoms with Crippen molar-refractivity contribution in [1.29, 1.82) is 5.26 Å². The molecule has 4 aromatic heterocycles. The molecular formula is C31H31N7O3. The molecule has 1 N–H and O–H groups in total. The first-order chi connectivity index (χ1) is 19.8. The summed E-state index contributed by atoms with van der Waals surface area (Å²) >= 11 is 0. The van der Waals surface area contributed by atoms with Crippen LogP contribution in [0.15, 0.2) is 55.1 Å². The van der Waals surface area contributed by atoms with Gasteiger partial charge >= 0.3 is 0 Å². The number of hydrogen-bond donors (Lipinski definition) is 1. The highest BCUT2D eigenvalue weighted by Gasteiger charge is 2.55. The number of aliphatic hydroxyl groups is 1. The minimum absolute atomic E-state index is 0.0241. The molecule has 4 aromatic rings. The van der Waals surface area contributed by atoms with Gasteiger partial charge < -0.3 is 24.4 Å². The molecular weight excluding hydrogens is 518 g/mol. The van der Waals surface area contributed by atoms with Crippen molar-refractivity contribution in [2.75, 3.05) is 36.6 Å². The van der Waals surface area contributed by atoms with Gasteiger partial charge in [-0.1, -0.05) is 12.8 Å². The lowest BCUT2D eigenvalue weighted by Gasteiger charge is -2.66. The summed E-state index contributed by atoms with van der Waals surface area (Å²) < 4.78 is 12.7. The summed E-state index contributed by atoms with van der Waals surface area (Å²) in [5.41, 5.74) is 2.41. The quantitative estimate of drug-likeness (QED) is 0.329. The van der Waals surface area contributed by atoms with Gasteiger partial charge in [-0.25, -0.2) is 14.5 Å². The fourth-order valence-corrected chi connectivity index (χ4v) is 6.06. The van der Waals surface area contributed by atoms with Gasteiger partial charge in [-0.15, -0.1) is 6.42 Å². The highest BCUT2D eigenvalue weighted by Crippen LogP contribution is 2.48. The van der Waals surface area contributed by atoms with E-state index < -0.39 is 5.60 Å². The van der Waals surface area contributed by atoms with Crippen LogP contribution in [0.5, 0.6) is 11.6 Å². The summed E-state index contributed by atoms with van der Waals surface area (Å²) in [6, 6.07) is 12.5. The average Bonchev–Trinajstić information content (AvgIpc) is 3.43. The maximum Gasteiger partial charge on any atom is 0.213 e. The van der Waals surface area contributed by atoms with Crippen molar-refractivity contribution < 1.29 is 14.6 Å². The van der Waals surface area contributed by atoms with Crippen LogP contribution in [0.1, 0.15) is 32.3 Å². The Morgan fingerprint density at radius 2 is 2.07 bits per heavy atom. The van der Waals surface area contributed by atoms with E-state index in [2.05, 4.69) is 44.9 Å². The monoisotopic (exact) mass is 549 g/mol. The van der Waals surface area contributed by atoms with Crippen LogP contribution < -0.4 is 19.3 Å². The molecule has 10 nitrogen and oxygen atoms in total. The molecule has 0 saturated carbocycles. The van der Waals surface area contributed by atoms with Crippen LogP contribution in [-0.4, -0.2) is 68.7 Å². The minimum Gasteiger partial charge on any atom is -0.488 e. The molecule has 3 unspecified atom stereocenters. The fourth-order valence-electron chi connectivity index (χ4n) is 6.06. The van der Waals surface area contributed by atoms with E-state index in [0.717, 1.165) is 48.6 Å². The maximum atomic E-state index is 10.2. The van der Waals surface area contributed by atoms with Gasteiger partial charge in [-0.2, -0.15) is 10.4 Å². The zero-order valence-corrected chi connectivity index (χ0v) is 23.3. The zero-order chi connectivity index (χ0) is 28.8. The van der Waals surface area contributed by atoms with Crippen LogP contribution in [0.4, 0.5) is 11.5 Å². The van der Waals surface area contributed by atoms with E-state index in [-0.39, 0.29) is 12.1 Å².